The van der Waals surface area contributed by atoms with Gasteiger partial charge in [0.25, 0.3) is 0 Å². The second kappa shape index (κ2) is 6.48. The summed E-state index contributed by atoms with van der Waals surface area (Å²) in [6.07, 6.45) is 9.23. The van der Waals surface area contributed by atoms with E-state index in [9.17, 15) is 0 Å². The number of benzene rings is 1. The Morgan fingerprint density at radius 2 is 1.85 bits per heavy atom. The van der Waals surface area contributed by atoms with E-state index in [2.05, 4.69) is 33.4 Å². The molecule has 1 saturated carbocycles. The minimum absolute atomic E-state index is 0.520. The van der Waals surface area contributed by atoms with Gasteiger partial charge < -0.3 is 10.1 Å². The zero-order chi connectivity index (χ0) is 13.9. The van der Waals surface area contributed by atoms with Crippen molar-refractivity contribution in [3.05, 3.63) is 27.7 Å². The summed E-state index contributed by atoms with van der Waals surface area (Å²) >= 11 is 3.72. The topological polar surface area (TPSA) is 21.3 Å². The van der Waals surface area contributed by atoms with E-state index in [0.717, 1.165) is 16.8 Å². The average Bonchev–Trinajstić information content (AvgIpc) is 3.01. The van der Waals surface area contributed by atoms with Gasteiger partial charge in [0.2, 0.25) is 0 Å². The molecule has 1 atom stereocenters. The minimum Gasteiger partial charge on any atom is -0.495 e. The third-order valence-corrected chi connectivity index (χ3v) is 5.40. The summed E-state index contributed by atoms with van der Waals surface area (Å²) in [7, 11) is 1.79. The smallest absolute Gasteiger partial charge is 0.136 e. The molecule has 1 heterocycles. The lowest BCUT2D eigenvalue weighted by Gasteiger charge is -2.26. The Balaban J connectivity index is 1.95. The highest BCUT2D eigenvalue weighted by molar-refractivity contribution is 9.10. The van der Waals surface area contributed by atoms with E-state index in [4.69, 9.17) is 4.74 Å². The van der Waals surface area contributed by atoms with Crippen LogP contribution >= 0.6 is 15.9 Å². The molecule has 0 spiro atoms. The largest absolute Gasteiger partial charge is 0.495 e. The number of rotatable bonds is 3. The number of nitrogens with one attached hydrogen (secondary N) is 1. The van der Waals surface area contributed by atoms with Gasteiger partial charge in [-0.1, -0.05) is 25.3 Å². The van der Waals surface area contributed by atoms with Crippen LogP contribution in [0.3, 0.4) is 0 Å². The number of piperidine rings is 1. The highest BCUT2D eigenvalue weighted by Crippen LogP contribution is 2.43. The first-order valence-corrected chi connectivity index (χ1v) is 8.69. The highest BCUT2D eigenvalue weighted by Gasteiger charge is 2.24. The Hall–Kier alpha value is -0.540. The third kappa shape index (κ3) is 2.89. The van der Waals surface area contributed by atoms with Crippen LogP contribution in [0.15, 0.2) is 16.6 Å². The average molecular weight is 338 g/mol. The summed E-state index contributed by atoms with van der Waals surface area (Å²) in [6.45, 7) is 1.15. The van der Waals surface area contributed by atoms with Crippen molar-refractivity contribution in [2.45, 2.75) is 56.9 Å². The van der Waals surface area contributed by atoms with Gasteiger partial charge in [-0.2, -0.15) is 0 Å². The fourth-order valence-corrected chi connectivity index (χ4v) is 4.38. The molecule has 0 bridgehead atoms. The molecule has 1 aromatic rings. The monoisotopic (exact) mass is 337 g/mol. The van der Waals surface area contributed by atoms with Crippen molar-refractivity contribution < 1.29 is 4.74 Å². The Morgan fingerprint density at radius 3 is 2.50 bits per heavy atom. The van der Waals surface area contributed by atoms with E-state index in [0.29, 0.717) is 12.0 Å². The number of halogens is 1. The quantitative estimate of drug-likeness (QED) is 0.844. The SMILES string of the molecule is COc1c(Br)cc(C2CCCCN2)cc1C1CCCC1. The van der Waals surface area contributed by atoms with Crippen molar-refractivity contribution in [1.82, 2.24) is 5.32 Å². The number of hydrogen-bond acceptors (Lipinski definition) is 2. The second-order valence-electron chi connectivity index (χ2n) is 6.11. The molecule has 2 nitrogen and oxygen atoms in total. The Labute approximate surface area is 130 Å². The molecule has 1 aromatic carbocycles. The number of hydrogen-bond donors (Lipinski definition) is 1. The molecule has 1 unspecified atom stereocenters. The Bertz CT molecular complexity index is 462. The third-order valence-electron chi connectivity index (χ3n) is 4.81. The first-order valence-electron chi connectivity index (χ1n) is 7.90. The molecule has 0 aromatic heterocycles. The van der Waals surface area contributed by atoms with E-state index in [1.165, 1.54) is 56.1 Å². The normalized spacial score (nSPS) is 24.0. The molecular weight excluding hydrogens is 314 g/mol. The minimum atomic E-state index is 0.520. The van der Waals surface area contributed by atoms with Gasteiger partial charge in [-0.3, -0.25) is 0 Å². The van der Waals surface area contributed by atoms with Crippen molar-refractivity contribution in [3.63, 3.8) is 0 Å². The van der Waals surface area contributed by atoms with Gasteiger partial charge in [-0.15, -0.1) is 0 Å². The molecule has 2 aliphatic rings. The van der Waals surface area contributed by atoms with Gasteiger partial charge in [0.05, 0.1) is 11.6 Å². The van der Waals surface area contributed by atoms with Crippen LogP contribution in [-0.4, -0.2) is 13.7 Å². The van der Waals surface area contributed by atoms with Crippen LogP contribution < -0.4 is 10.1 Å². The van der Waals surface area contributed by atoms with Crippen LogP contribution in [-0.2, 0) is 0 Å². The maximum atomic E-state index is 5.66. The predicted molar refractivity (Wildman–Crippen MR) is 86.5 cm³/mol. The van der Waals surface area contributed by atoms with Gasteiger partial charge in [-0.25, -0.2) is 0 Å². The number of methoxy groups -OCH3 is 1. The first kappa shape index (κ1) is 14.4. The van der Waals surface area contributed by atoms with Crippen LogP contribution in [0.25, 0.3) is 0 Å². The molecule has 3 heteroatoms. The molecule has 2 fully saturated rings. The first-order chi connectivity index (χ1) is 9.79. The maximum Gasteiger partial charge on any atom is 0.136 e. The van der Waals surface area contributed by atoms with Gasteiger partial charge in [0.15, 0.2) is 0 Å². The van der Waals surface area contributed by atoms with Gasteiger partial charge in [-0.05, 0) is 71.3 Å². The summed E-state index contributed by atoms with van der Waals surface area (Å²) in [5, 5.41) is 3.66. The van der Waals surface area contributed by atoms with Crippen LogP contribution in [0.2, 0.25) is 0 Å². The summed E-state index contributed by atoms with van der Waals surface area (Å²) < 4.78 is 6.78. The Kier molecular flexibility index (Phi) is 4.67. The lowest BCUT2D eigenvalue weighted by atomic mass is 9.90. The van der Waals surface area contributed by atoms with Crippen molar-refractivity contribution in [3.8, 4) is 5.75 Å². The van der Waals surface area contributed by atoms with Crippen LogP contribution in [0.1, 0.15) is 68.0 Å². The summed E-state index contributed by atoms with van der Waals surface area (Å²) in [6, 6.07) is 5.18. The summed E-state index contributed by atoms with van der Waals surface area (Å²) in [5.41, 5.74) is 2.85. The zero-order valence-electron chi connectivity index (χ0n) is 12.3. The predicted octanol–water partition coefficient (Wildman–Crippen LogP) is 4.93. The molecule has 1 aliphatic carbocycles. The molecule has 1 saturated heterocycles. The van der Waals surface area contributed by atoms with Crippen molar-refractivity contribution >= 4 is 15.9 Å². The molecule has 110 valence electrons. The lowest BCUT2D eigenvalue weighted by Crippen LogP contribution is -2.26. The van der Waals surface area contributed by atoms with E-state index < -0.39 is 0 Å². The van der Waals surface area contributed by atoms with Gasteiger partial charge in [0, 0.05) is 6.04 Å². The maximum absolute atomic E-state index is 5.66. The molecule has 0 radical (unpaired) electrons. The fourth-order valence-electron chi connectivity index (χ4n) is 3.73. The summed E-state index contributed by atoms with van der Waals surface area (Å²) in [5.74, 6) is 1.74. The highest BCUT2D eigenvalue weighted by atomic mass is 79.9. The fraction of sp³-hybridized carbons (Fsp3) is 0.647. The molecule has 1 N–H and O–H groups in total. The van der Waals surface area contributed by atoms with E-state index >= 15 is 0 Å². The second-order valence-corrected chi connectivity index (χ2v) is 6.96. The van der Waals surface area contributed by atoms with E-state index in [-0.39, 0.29) is 0 Å². The van der Waals surface area contributed by atoms with Crippen molar-refractivity contribution in [2.24, 2.45) is 0 Å². The van der Waals surface area contributed by atoms with Crippen LogP contribution in [0, 0.1) is 0 Å². The zero-order valence-corrected chi connectivity index (χ0v) is 13.8. The molecular formula is C17H24BrNO. The molecule has 0 amide bonds. The van der Waals surface area contributed by atoms with E-state index in [1.807, 2.05) is 0 Å². The lowest BCUT2D eigenvalue weighted by molar-refractivity contribution is 0.397. The molecule has 20 heavy (non-hydrogen) atoms. The standard InChI is InChI=1S/C17H24BrNO/c1-20-17-14(12-6-2-3-7-12)10-13(11-15(17)18)16-8-4-5-9-19-16/h10-12,16,19H,2-9H2,1H3. The van der Waals surface area contributed by atoms with E-state index in [1.54, 1.807) is 7.11 Å². The molecule has 3 rings (SSSR count). The van der Waals surface area contributed by atoms with Gasteiger partial charge in [0.1, 0.15) is 5.75 Å². The van der Waals surface area contributed by atoms with Crippen LogP contribution in [0.5, 0.6) is 5.75 Å². The van der Waals surface area contributed by atoms with Gasteiger partial charge >= 0.3 is 0 Å². The van der Waals surface area contributed by atoms with Crippen LogP contribution in [0.4, 0.5) is 0 Å². The summed E-state index contributed by atoms with van der Waals surface area (Å²) in [4.78, 5) is 0. The Morgan fingerprint density at radius 1 is 1.10 bits per heavy atom. The van der Waals surface area contributed by atoms with Crippen molar-refractivity contribution in [1.29, 1.82) is 0 Å². The molecule has 1 aliphatic heterocycles. The van der Waals surface area contributed by atoms with Crippen molar-refractivity contribution in [2.75, 3.05) is 13.7 Å². The number of ether oxygens (including phenoxy) is 1.